The number of benzene rings is 2. The molecule has 1 aliphatic heterocycles. The molecule has 2 heteroatoms. The van der Waals surface area contributed by atoms with E-state index in [1.165, 1.54) is 19.5 Å². The minimum absolute atomic E-state index is 0.660. The van der Waals surface area contributed by atoms with Gasteiger partial charge in [-0.2, -0.15) is 5.26 Å². The highest BCUT2D eigenvalue weighted by Gasteiger charge is 2.18. The molecule has 23 heavy (non-hydrogen) atoms. The summed E-state index contributed by atoms with van der Waals surface area (Å²) in [7, 11) is 0. The normalized spacial score (nSPS) is 13.7. The average molecular weight is 306 g/mol. The highest BCUT2D eigenvalue weighted by atomic mass is 15.1. The summed E-state index contributed by atoms with van der Waals surface area (Å²) in [5.74, 6) is 0.660. The fourth-order valence-electron chi connectivity index (χ4n) is 3.02. The zero-order valence-corrected chi connectivity index (χ0v) is 14.4. The van der Waals surface area contributed by atoms with Gasteiger partial charge in [0, 0.05) is 13.1 Å². The van der Waals surface area contributed by atoms with Crippen molar-refractivity contribution < 1.29 is 0 Å². The number of nitrogens with zero attached hydrogens (tertiary/aromatic N) is 2. The van der Waals surface area contributed by atoms with Crippen LogP contribution >= 0.6 is 0 Å². The zero-order valence-electron chi connectivity index (χ0n) is 14.4. The van der Waals surface area contributed by atoms with E-state index in [1.807, 2.05) is 24.3 Å². The van der Waals surface area contributed by atoms with Crippen molar-refractivity contribution in [3.8, 4) is 6.07 Å². The molecule has 0 fully saturated rings. The van der Waals surface area contributed by atoms with Gasteiger partial charge in [-0.3, -0.25) is 4.90 Å². The van der Waals surface area contributed by atoms with Crippen LogP contribution in [0.2, 0.25) is 0 Å². The fourth-order valence-corrected chi connectivity index (χ4v) is 3.02. The van der Waals surface area contributed by atoms with Gasteiger partial charge in [-0.25, -0.2) is 0 Å². The van der Waals surface area contributed by atoms with E-state index in [4.69, 9.17) is 5.26 Å². The van der Waals surface area contributed by atoms with Crippen molar-refractivity contribution in [1.29, 1.82) is 5.26 Å². The maximum Gasteiger partial charge on any atom is 0.0991 e. The molecule has 0 spiro atoms. The first-order chi connectivity index (χ1) is 11.2. The number of rotatable bonds is 2. The Balaban J connectivity index is 0.000000203. The molecule has 0 atom stereocenters. The van der Waals surface area contributed by atoms with Crippen molar-refractivity contribution in [1.82, 2.24) is 4.90 Å². The van der Waals surface area contributed by atoms with Crippen molar-refractivity contribution >= 4 is 0 Å². The van der Waals surface area contributed by atoms with E-state index in [1.54, 1.807) is 28.8 Å². The molecule has 0 saturated heterocycles. The molecule has 3 rings (SSSR count). The lowest BCUT2D eigenvalue weighted by Crippen LogP contribution is -2.30. The van der Waals surface area contributed by atoms with E-state index < -0.39 is 0 Å². The van der Waals surface area contributed by atoms with Gasteiger partial charge in [-0.1, -0.05) is 57.2 Å². The Bertz CT molecular complexity index is 653. The van der Waals surface area contributed by atoms with Crippen LogP contribution in [0.1, 0.15) is 48.9 Å². The quantitative estimate of drug-likeness (QED) is 0.801. The molecule has 2 aromatic rings. The summed E-state index contributed by atoms with van der Waals surface area (Å²) in [6, 6.07) is 18.0. The third-order valence-electron chi connectivity index (χ3n) is 4.35. The third-order valence-corrected chi connectivity index (χ3v) is 4.35. The van der Waals surface area contributed by atoms with Crippen LogP contribution in [0.25, 0.3) is 0 Å². The molecule has 2 nitrogen and oxygen atoms in total. The first-order valence-electron chi connectivity index (χ1n) is 8.43. The molecule has 0 bridgehead atoms. The van der Waals surface area contributed by atoms with Crippen molar-refractivity contribution in [2.45, 2.75) is 39.7 Å². The second-order valence-electron chi connectivity index (χ2n) is 6.24. The largest absolute Gasteiger partial charge is 0.299 e. The van der Waals surface area contributed by atoms with E-state index >= 15 is 0 Å². The Morgan fingerprint density at radius 3 is 2.39 bits per heavy atom. The van der Waals surface area contributed by atoms with Gasteiger partial charge in [0.1, 0.15) is 0 Å². The third kappa shape index (κ3) is 4.68. The first-order valence-corrected chi connectivity index (χ1v) is 8.43. The highest BCUT2D eigenvalue weighted by Crippen LogP contribution is 2.27. The minimum Gasteiger partial charge on any atom is -0.299 e. The minimum atomic E-state index is 0.660. The van der Waals surface area contributed by atoms with Crippen molar-refractivity contribution in [3.05, 3.63) is 70.8 Å². The molecule has 2 aromatic carbocycles. The predicted molar refractivity (Wildman–Crippen MR) is 96.3 cm³/mol. The van der Waals surface area contributed by atoms with Crippen LogP contribution in [-0.4, -0.2) is 18.0 Å². The Morgan fingerprint density at radius 1 is 1.09 bits per heavy atom. The van der Waals surface area contributed by atoms with Gasteiger partial charge in [0.25, 0.3) is 0 Å². The molecule has 0 N–H and O–H groups in total. The molecule has 0 unspecified atom stereocenters. The number of hydrogen-bond donors (Lipinski definition) is 0. The van der Waals surface area contributed by atoms with Crippen LogP contribution < -0.4 is 0 Å². The van der Waals surface area contributed by atoms with Crippen LogP contribution in [-0.2, 0) is 13.0 Å². The van der Waals surface area contributed by atoms with E-state index in [-0.39, 0.29) is 0 Å². The van der Waals surface area contributed by atoms with Gasteiger partial charge in [-0.05, 0) is 47.7 Å². The monoisotopic (exact) mass is 306 g/mol. The summed E-state index contributed by atoms with van der Waals surface area (Å²) >= 11 is 0. The smallest absolute Gasteiger partial charge is 0.0991 e. The maximum absolute atomic E-state index is 8.29. The molecule has 0 saturated carbocycles. The summed E-state index contributed by atoms with van der Waals surface area (Å²) in [5.41, 5.74) is 5.45. The van der Waals surface area contributed by atoms with Crippen LogP contribution in [0, 0.1) is 11.3 Å². The summed E-state index contributed by atoms with van der Waals surface area (Å²) < 4.78 is 0. The van der Waals surface area contributed by atoms with E-state index in [9.17, 15) is 0 Å². The van der Waals surface area contributed by atoms with Crippen LogP contribution in [0.4, 0.5) is 0 Å². The van der Waals surface area contributed by atoms with Crippen molar-refractivity contribution in [2.24, 2.45) is 0 Å². The van der Waals surface area contributed by atoms with Crippen molar-refractivity contribution in [2.75, 3.05) is 13.1 Å². The topological polar surface area (TPSA) is 27.0 Å². The first kappa shape index (κ1) is 17.2. The lowest BCUT2D eigenvalue weighted by molar-refractivity contribution is 0.267. The summed E-state index contributed by atoms with van der Waals surface area (Å²) in [4.78, 5) is 2.52. The predicted octanol–water partition coefficient (Wildman–Crippen LogP) is 4.75. The number of hydrogen-bond acceptors (Lipinski definition) is 2. The van der Waals surface area contributed by atoms with Gasteiger partial charge < -0.3 is 0 Å². The molecule has 0 aliphatic carbocycles. The lowest BCUT2D eigenvalue weighted by atomic mass is 9.89. The Kier molecular flexibility index (Phi) is 6.38. The molecule has 120 valence electrons. The zero-order chi connectivity index (χ0) is 16.7. The Labute approximate surface area is 140 Å². The van der Waals surface area contributed by atoms with Gasteiger partial charge in [0.15, 0.2) is 0 Å². The van der Waals surface area contributed by atoms with Gasteiger partial charge in [-0.15, -0.1) is 0 Å². The molecular weight excluding hydrogens is 280 g/mol. The highest BCUT2D eigenvalue weighted by molar-refractivity contribution is 5.38. The second kappa shape index (κ2) is 8.50. The van der Waals surface area contributed by atoms with Gasteiger partial charge >= 0.3 is 0 Å². The lowest BCUT2D eigenvalue weighted by Gasteiger charge is -2.29. The van der Waals surface area contributed by atoms with Crippen LogP contribution in [0.15, 0.2) is 48.5 Å². The summed E-state index contributed by atoms with van der Waals surface area (Å²) in [6.45, 7) is 10.4. The van der Waals surface area contributed by atoms with Gasteiger partial charge in [0.2, 0.25) is 0 Å². The summed E-state index contributed by atoms with van der Waals surface area (Å²) in [5, 5.41) is 8.29. The molecule has 0 radical (unpaired) electrons. The van der Waals surface area contributed by atoms with Crippen LogP contribution in [0.3, 0.4) is 0 Å². The fraction of sp³-hybridized carbons (Fsp3) is 0.381. The standard InChI is InChI=1S/C14H21N.C7H5N/c1-4-15-9-8-14-12(10-15)6-5-7-13(14)11(2)3;8-6-7-4-2-1-3-5-7/h5-7,11H,4,8-10H2,1-3H3;1-5H. The van der Waals surface area contributed by atoms with E-state index in [0.29, 0.717) is 11.5 Å². The maximum atomic E-state index is 8.29. The Morgan fingerprint density at radius 2 is 1.83 bits per heavy atom. The number of fused-ring (bicyclic) bond motifs is 1. The SMILES string of the molecule is CCN1CCc2c(cccc2C(C)C)C1.N#Cc1ccccc1. The number of likely N-dealkylation sites (N-methyl/N-ethyl adjacent to an activating group) is 1. The van der Waals surface area contributed by atoms with E-state index in [2.05, 4.69) is 43.9 Å². The van der Waals surface area contributed by atoms with Crippen LogP contribution in [0.5, 0.6) is 0 Å². The molecule has 0 aromatic heterocycles. The molecule has 0 amide bonds. The second-order valence-corrected chi connectivity index (χ2v) is 6.24. The van der Waals surface area contributed by atoms with E-state index in [0.717, 1.165) is 6.54 Å². The van der Waals surface area contributed by atoms with Crippen molar-refractivity contribution in [3.63, 3.8) is 0 Å². The summed E-state index contributed by atoms with van der Waals surface area (Å²) in [6.07, 6.45) is 1.23. The molecule has 1 aliphatic rings. The average Bonchev–Trinajstić information content (AvgIpc) is 2.61. The number of nitriles is 1. The van der Waals surface area contributed by atoms with Gasteiger partial charge in [0.05, 0.1) is 11.6 Å². The molecule has 1 heterocycles. The molecular formula is C21H26N2. The Hall–Kier alpha value is -2.11.